The monoisotopic (exact) mass is 242 g/mol. The van der Waals surface area contributed by atoms with E-state index in [0.717, 1.165) is 12.8 Å². The largest absolute Gasteiger partial charge is 0.456 e. The molecule has 1 aliphatic heterocycles. The lowest BCUT2D eigenvalue weighted by Crippen LogP contribution is -2.58. The van der Waals surface area contributed by atoms with Crippen molar-refractivity contribution >= 4 is 14.0 Å². The van der Waals surface area contributed by atoms with Crippen LogP contribution in [0.5, 0.6) is 0 Å². The lowest BCUT2D eigenvalue weighted by Gasteiger charge is -2.43. The quantitative estimate of drug-likeness (QED) is 0.596. The molecular weight excluding hydrogens is 216 g/mol. The number of nitrogens with zero attached hydrogens (tertiary/aromatic N) is 1. The van der Waals surface area contributed by atoms with E-state index < -0.39 is 8.32 Å². The fourth-order valence-electron chi connectivity index (χ4n) is 2.35. The minimum absolute atomic E-state index is 0.114. The van der Waals surface area contributed by atoms with Crippen molar-refractivity contribution in [3.63, 3.8) is 0 Å². The molecule has 16 heavy (non-hydrogen) atoms. The molecule has 4 heteroatoms. The van der Waals surface area contributed by atoms with E-state index in [-0.39, 0.29) is 11.1 Å². The first-order valence-corrected chi connectivity index (χ1v) is 9.43. The van der Waals surface area contributed by atoms with E-state index in [1.165, 1.54) is 5.71 Å². The molecule has 0 saturated carbocycles. The summed E-state index contributed by atoms with van der Waals surface area (Å²) < 4.78 is 5.65. The van der Waals surface area contributed by atoms with E-state index in [1.54, 1.807) is 0 Å². The normalized spacial score (nSPS) is 24.1. The Morgan fingerprint density at radius 1 is 1.06 bits per heavy atom. The molecule has 0 aromatic heterocycles. The number of nitrogens with one attached hydrogen (secondary N) is 1. The number of hydrogen-bond acceptors (Lipinski definition) is 3. The average molecular weight is 242 g/mol. The van der Waals surface area contributed by atoms with E-state index in [9.17, 15) is 0 Å². The molecule has 1 aliphatic rings. The molecule has 0 aromatic rings. The molecule has 0 atom stereocenters. The van der Waals surface area contributed by atoms with E-state index in [2.05, 4.69) is 57.8 Å². The highest BCUT2D eigenvalue weighted by Crippen LogP contribution is 2.26. The Hall–Kier alpha value is -0.353. The maximum Gasteiger partial charge on any atom is 0.278 e. The zero-order valence-electron chi connectivity index (χ0n) is 11.8. The van der Waals surface area contributed by atoms with Gasteiger partial charge in [0.1, 0.15) is 0 Å². The number of rotatable bonds is 2. The Kier molecular flexibility index (Phi) is 3.55. The first-order valence-electron chi connectivity index (χ1n) is 6.02. The molecular formula is C12H26N2OSi. The minimum atomic E-state index is -1.54. The predicted octanol–water partition coefficient (Wildman–Crippen LogP) is 3.13. The Labute approximate surface area is 101 Å². The zero-order valence-corrected chi connectivity index (χ0v) is 12.8. The Morgan fingerprint density at radius 2 is 1.50 bits per heavy atom. The molecule has 0 aromatic carbocycles. The number of piperidine rings is 1. The molecule has 3 nitrogen and oxygen atoms in total. The highest BCUT2D eigenvalue weighted by atomic mass is 28.4. The highest BCUT2D eigenvalue weighted by molar-refractivity contribution is 6.69. The van der Waals surface area contributed by atoms with Crippen LogP contribution in [0.25, 0.3) is 0 Å². The first-order chi connectivity index (χ1) is 6.99. The van der Waals surface area contributed by atoms with Crippen LogP contribution in [0.2, 0.25) is 19.6 Å². The topological polar surface area (TPSA) is 33.6 Å². The summed E-state index contributed by atoms with van der Waals surface area (Å²) in [5, 5.41) is 8.02. The predicted molar refractivity (Wildman–Crippen MR) is 72.4 cm³/mol. The van der Waals surface area contributed by atoms with Crippen molar-refractivity contribution in [2.75, 3.05) is 0 Å². The standard InChI is InChI=1S/C12H26N2OSi/c1-11(2)8-10(9-12(3,4)14-11)13-15-16(5,6)7/h14H,8-9H2,1-7H3. The van der Waals surface area contributed by atoms with E-state index >= 15 is 0 Å². The van der Waals surface area contributed by atoms with Crippen LogP contribution in [0, 0.1) is 0 Å². The van der Waals surface area contributed by atoms with Crippen LogP contribution in [0.4, 0.5) is 0 Å². The summed E-state index contributed by atoms with van der Waals surface area (Å²) in [6.07, 6.45) is 1.95. The fraction of sp³-hybridized carbons (Fsp3) is 0.917. The molecule has 1 saturated heterocycles. The van der Waals surface area contributed by atoms with E-state index in [4.69, 9.17) is 4.53 Å². The average Bonchev–Trinajstić information content (AvgIpc) is 1.93. The van der Waals surface area contributed by atoms with Crippen molar-refractivity contribution in [3.05, 3.63) is 0 Å². The number of oxime groups is 1. The molecule has 1 rings (SSSR count). The van der Waals surface area contributed by atoms with Gasteiger partial charge in [0.25, 0.3) is 8.32 Å². The third-order valence-electron chi connectivity index (χ3n) is 2.42. The smallest absolute Gasteiger partial charge is 0.278 e. The molecule has 0 amide bonds. The molecule has 1 heterocycles. The van der Waals surface area contributed by atoms with Gasteiger partial charge in [-0.25, -0.2) is 0 Å². The van der Waals surface area contributed by atoms with E-state index in [1.807, 2.05) is 0 Å². The molecule has 0 aliphatic carbocycles. The van der Waals surface area contributed by atoms with Gasteiger partial charge in [-0.3, -0.25) is 0 Å². The molecule has 0 bridgehead atoms. The lowest BCUT2D eigenvalue weighted by molar-refractivity contribution is 0.241. The van der Waals surface area contributed by atoms with Crippen molar-refractivity contribution < 1.29 is 4.53 Å². The van der Waals surface area contributed by atoms with Crippen LogP contribution in [0.15, 0.2) is 5.16 Å². The molecule has 0 radical (unpaired) electrons. The second-order valence-electron chi connectivity index (χ2n) is 7.11. The summed E-state index contributed by atoms with van der Waals surface area (Å²) >= 11 is 0. The van der Waals surface area contributed by atoms with Crippen molar-refractivity contribution in [1.82, 2.24) is 5.32 Å². The lowest BCUT2D eigenvalue weighted by atomic mass is 9.81. The summed E-state index contributed by atoms with van der Waals surface area (Å²) in [5.74, 6) is 0. The summed E-state index contributed by atoms with van der Waals surface area (Å²) in [7, 11) is -1.54. The van der Waals surface area contributed by atoms with Gasteiger partial charge in [0.05, 0.1) is 5.71 Å². The zero-order chi connectivity index (χ0) is 12.6. The molecule has 1 N–H and O–H groups in total. The van der Waals surface area contributed by atoms with Crippen LogP contribution in [-0.4, -0.2) is 25.1 Å². The third-order valence-corrected chi connectivity index (χ3v) is 3.06. The van der Waals surface area contributed by atoms with Gasteiger partial charge in [0.2, 0.25) is 0 Å². The van der Waals surface area contributed by atoms with Gasteiger partial charge in [-0.15, -0.1) is 5.16 Å². The SMILES string of the molecule is CC1(C)CC(=NO[Si](C)(C)C)CC(C)(C)N1. The fourth-order valence-corrected chi connectivity index (χ4v) is 2.76. The maximum atomic E-state index is 5.65. The van der Waals surface area contributed by atoms with Gasteiger partial charge >= 0.3 is 0 Å². The maximum absolute atomic E-state index is 5.65. The Bertz CT molecular complexity index is 272. The third kappa shape index (κ3) is 4.66. The van der Waals surface area contributed by atoms with Gasteiger partial charge in [0.15, 0.2) is 0 Å². The molecule has 94 valence electrons. The minimum Gasteiger partial charge on any atom is -0.456 e. The summed E-state index contributed by atoms with van der Waals surface area (Å²) in [5.41, 5.74) is 1.42. The van der Waals surface area contributed by atoms with Crippen molar-refractivity contribution in [3.8, 4) is 0 Å². The van der Waals surface area contributed by atoms with Gasteiger partial charge in [0, 0.05) is 23.9 Å². The van der Waals surface area contributed by atoms with Gasteiger partial charge < -0.3 is 9.84 Å². The molecule has 0 spiro atoms. The van der Waals surface area contributed by atoms with Crippen LogP contribution in [-0.2, 0) is 4.53 Å². The van der Waals surface area contributed by atoms with Crippen LogP contribution >= 0.6 is 0 Å². The summed E-state index contributed by atoms with van der Waals surface area (Å²) in [6.45, 7) is 15.4. The van der Waals surface area contributed by atoms with Crippen LogP contribution in [0.3, 0.4) is 0 Å². The second-order valence-corrected chi connectivity index (χ2v) is 11.5. The second kappa shape index (κ2) is 4.15. The molecule has 0 unspecified atom stereocenters. The first kappa shape index (κ1) is 13.7. The van der Waals surface area contributed by atoms with Crippen molar-refractivity contribution in [2.24, 2.45) is 5.16 Å². The van der Waals surface area contributed by atoms with Gasteiger partial charge in [-0.1, -0.05) is 0 Å². The van der Waals surface area contributed by atoms with E-state index in [0.29, 0.717) is 0 Å². The van der Waals surface area contributed by atoms with Crippen molar-refractivity contribution in [2.45, 2.75) is 71.3 Å². The van der Waals surface area contributed by atoms with Gasteiger partial charge in [-0.05, 0) is 47.3 Å². The van der Waals surface area contributed by atoms with Crippen molar-refractivity contribution in [1.29, 1.82) is 0 Å². The summed E-state index contributed by atoms with van der Waals surface area (Å²) in [4.78, 5) is 0. The van der Waals surface area contributed by atoms with Crippen LogP contribution < -0.4 is 5.32 Å². The van der Waals surface area contributed by atoms with Crippen LogP contribution in [0.1, 0.15) is 40.5 Å². The molecule has 1 fully saturated rings. The number of hydrogen-bond donors (Lipinski definition) is 1. The summed E-state index contributed by atoms with van der Waals surface area (Å²) in [6, 6.07) is 0. The highest BCUT2D eigenvalue weighted by Gasteiger charge is 2.36. The Balaban J connectivity index is 2.75. The Morgan fingerprint density at radius 3 is 1.88 bits per heavy atom. The van der Waals surface area contributed by atoms with Gasteiger partial charge in [-0.2, -0.15) is 0 Å².